The molecular formula is C14H12O2S. The largest absolute Gasteiger partial charge is 0.481 e. The van der Waals surface area contributed by atoms with Crippen LogP contribution in [0.3, 0.4) is 0 Å². The third kappa shape index (κ3) is 1.67. The molecule has 0 bridgehead atoms. The van der Waals surface area contributed by atoms with Gasteiger partial charge in [0.2, 0.25) is 0 Å². The number of rotatable bonds is 3. The van der Waals surface area contributed by atoms with Crippen LogP contribution in [0.4, 0.5) is 0 Å². The van der Waals surface area contributed by atoms with Gasteiger partial charge in [0.15, 0.2) is 0 Å². The first-order chi connectivity index (χ1) is 8.22. The first-order valence-electron chi connectivity index (χ1n) is 5.59. The summed E-state index contributed by atoms with van der Waals surface area (Å²) in [4.78, 5) is 11.2. The van der Waals surface area contributed by atoms with Gasteiger partial charge in [-0.25, -0.2) is 0 Å². The van der Waals surface area contributed by atoms with Crippen LogP contribution in [0.15, 0.2) is 41.1 Å². The highest BCUT2D eigenvalue weighted by atomic mass is 32.1. The maximum absolute atomic E-state index is 11.2. The standard InChI is InChI=1S/C14H12O2S/c15-13(16)14(6-7-14)12-3-1-10(2-4-12)11-5-8-17-9-11/h1-5,8-9H,6-7H2,(H,15,16). The van der Waals surface area contributed by atoms with Gasteiger partial charge < -0.3 is 5.11 Å². The first kappa shape index (κ1) is 10.5. The zero-order chi connectivity index (χ0) is 11.9. The third-order valence-corrected chi connectivity index (χ3v) is 4.13. The number of hydrogen-bond donors (Lipinski definition) is 1. The number of carbonyl (C=O) groups is 1. The Morgan fingerprint density at radius 3 is 2.29 bits per heavy atom. The Bertz CT molecular complexity index is 536. The molecule has 3 rings (SSSR count). The molecular weight excluding hydrogens is 232 g/mol. The number of carboxylic acid groups (broad SMARTS) is 1. The molecule has 2 aromatic rings. The Morgan fingerprint density at radius 1 is 1.12 bits per heavy atom. The van der Waals surface area contributed by atoms with Crippen molar-refractivity contribution in [3.63, 3.8) is 0 Å². The smallest absolute Gasteiger partial charge is 0.314 e. The Morgan fingerprint density at radius 2 is 1.82 bits per heavy atom. The summed E-state index contributed by atoms with van der Waals surface area (Å²) >= 11 is 1.67. The van der Waals surface area contributed by atoms with E-state index in [1.54, 1.807) is 11.3 Å². The summed E-state index contributed by atoms with van der Waals surface area (Å²) < 4.78 is 0. The lowest BCUT2D eigenvalue weighted by Crippen LogP contribution is -2.19. The highest BCUT2D eigenvalue weighted by molar-refractivity contribution is 7.08. The lowest BCUT2D eigenvalue weighted by Gasteiger charge is -2.10. The van der Waals surface area contributed by atoms with Gasteiger partial charge in [-0.2, -0.15) is 11.3 Å². The van der Waals surface area contributed by atoms with Gasteiger partial charge in [-0.1, -0.05) is 24.3 Å². The van der Waals surface area contributed by atoms with Gasteiger partial charge in [0.05, 0.1) is 5.41 Å². The molecule has 1 N–H and O–H groups in total. The van der Waals surface area contributed by atoms with Crippen molar-refractivity contribution in [3.05, 3.63) is 46.7 Å². The van der Waals surface area contributed by atoms with E-state index in [-0.39, 0.29) is 0 Å². The second-order valence-corrected chi connectivity index (χ2v) is 5.26. The average molecular weight is 244 g/mol. The van der Waals surface area contributed by atoms with Crippen LogP contribution in [-0.4, -0.2) is 11.1 Å². The summed E-state index contributed by atoms with van der Waals surface area (Å²) in [7, 11) is 0. The van der Waals surface area contributed by atoms with Gasteiger partial charge in [-0.05, 0) is 46.4 Å². The zero-order valence-electron chi connectivity index (χ0n) is 9.22. The minimum Gasteiger partial charge on any atom is -0.481 e. The van der Waals surface area contributed by atoms with Crippen molar-refractivity contribution in [2.75, 3.05) is 0 Å². The van der Waals surface area contributed by atoms with Crippen LogP contribution in [0, 0.1) is 0 Å². The molecule has 3 heteroatoms. The molecule has 0 aliphatic heterocycles. The minimum atomic E-state index is -0.694. The number of thiophene rings is 1. The molecule has 1 fully saturated rings. The molecule has 17 heavy (non-hydrogen) atoms. The van der Waals surface area contributed by atoms with Crippen LogP contribution in [0.2, 0.25) is 0 Å². The molecule has 2 nitrogen and oxygen atoms in total. The molecule has 0 radical (unpaired) electrons. The van der Waals surface area contributed by atoms with Crippen LogP contribution < -0.4 is 0 Å². The van der Waals surface area contributed by atoms with Crippen LogP contribution in [0.25, 0.3) is 11.1 Å². The number of aliphatic carboxylic acids is 1. The van der Waals surface area contributed by atoms with E-state index in [2.05, 4.69) is 11.4 Å². The van der Waals surface area contributed by atoms with Gasteiger partial charge in [0.1, 0.15) is 0 Å². The second kappa shape index (κ2) is 3.70. The molecule has 0 unspecified atom stereocenters. The lowest BCUT2D eigenvalue weighted by atomic mass is 9.94. The summed E-state index contributed by atoms with van der Waals surface area (Å²) in [5, 5.41) is 13.4. The van der Waals surface area contributed by atoms with Crippen LogP contribution >= 0.6 is 11.3 Å². The van der Waals surface area contributed by atoms with E-state index in [1.807, 2.05) is 29.6 Å². The van der Waals surface area contributed by atoms with E-state index < -0.39 is 11.4 Å². The Labute approximate surface area is 104 Å². The monoisotopic (exact) mass is 244 g/mol. The Balaban J connectivity index is 1.94. The Hall–Kier alpha value is -1.61. The van der Waals surface area contributed by atoms with Crippen molar-refractivity contribution in [2.45, 2.75) is 18.3 Å². The summed E-state index contributed by atoms with van der Waals surface area (Å²) in [6.07, 6.45) is 1.53. The van der Waals surface area contributed by atoms with E-state index in [0.29, 0.717) is 0 Å². The fourth-order valence-corrected chi connectivity index (χ4v) is 2.83. The summed E-state index contributed by atoms with van der Waals surface area (Å²) in [6.45, 7) is 0. The van der Waals surface area contributed by atoms with Gasteiger partial charge in [-0.3, -0.25) is 4.79 Å². The molecule has 0 atom stereocenters. The molecule has 1 aliphatic carbocycles. The summed E-state index contributed by atoms with van der Waals surface area (Å²) in [6, 6.07) is 10.0. The molecule has 1 aromatic heterocycles. The normalized spacial score (nSPS) is 16.7. The average Bonchev–Trinajstić information content (AvgIpc) is 2.98. The van der Waals surface area contributed by atoms with E-state index in [9.17, 15) is 9.90 Å². The number of benzene rings is 1. The van der Waals surface area contributed by atoms with Crippen molar-refractivity contribution in [1.29, 1.82) is 0 Å². The van der Waals surface area contributed by atoms with E-state index in [0.717, 1.165) is 24.0 Å². The van der Waals surface area contributed by atoms with Gasteiger partial charge in [-0.15, -0.1) is 0 Å². The molecule has 0 amide bonds. The Kier molecular flexibility index (Phi) is 2.30. The molecule has 1 heterocycles. The fraction of sp³-hybridized carbons (Fsp3) is 0.214. The predicted molar refractivity (Wildman–Crippen MR) is 68.3 cm³/mol. The first-order valence-corrected chi connectivity index (χ1v) is 6.53. The van der Waals surface area contributed by atoms with Crippen molar-refractivity contribution in [2.24, 2.45) is 0 Å². The predicted octanol–water partition coefficient (Wildman–Crippen LogP) is 3.53. The highest BCUT2D eigenvalue weighted by Gasteiger charge is 2.51. The summed E-state index contributed by atoms with van der Waals surface area (Å²) in [5.41, 5.74) is 2.69. The molecule has 0 saturated heterocycles. The van der Waals surface area contributed by atoms with E-state index in [1.165, 1.54) is 5.56 Å². The zero-order valence-corrected chi connectivity index (χ0v) is 10.0. The van der Waals surface area contributed by atoms with E-state index >= 15 is 0 Å². The maximum atomic E-state index is 11.2. The minimum absolute atomic E-state index is 0.590. The van der Waals surface area contributed by atoms with Crippen LogP contribution in [-0.2, 0) is 10.2 Å². The van der Waals surface area contributed by atoms with Crippen molar-refractivity contribution >= 4 is 17.3 Å². The van der Waals surface area contributed by atoms with Crippen LogP contribution in [0.5, 0.6) is 0 Å². The molecule has 1 aliphatic rings. The van der Waals surface area contributed by atoms with Gasteiger partial charge in [0.25, 0.3) is 0 Å². The number of carboxylic acids is 1. The number of hydrogen-bond acceptors (Lipinski definition) is 2. The fourth-order valence-electron chi connectivity index (χ4n) is 2.16. The molecule has 1 aromatic carbocycles. The van der Waals surface area contributed by atoms with Crippen molar-refractivity contribution in [1.82, 2.24) is 0 Å². The molecule has 86 valence electrons. The van der Waals surface area contributed by atoms with Gasteiger partial charge in [0, 0.05) is 0 Å². The van der Waals surface area contributed by atoms with Gasteiger partial charge >= 0.3 is 5.97 Å². The third-order valence-electron chi connectivity index (χ3n) is 3.45. The lowest BCUT2D eigenvalue weighted by molar-refractivity contribution is -0.140. The molecule has 0 spiro atoms. The molecule has 1 saturated carbocycles. The van der Waals surface area contributed by atoms with Crippen molar-refractivity contribution < 1.29 is 9.90 Å². The van der Waals surface area contributed by atoms with E-state index in [4.69, 9.17) is 0 Å². The quantitative estimate of drug-likeness (QED) is 0.896. The van der Waals surface area contributed by atoms with Crippen molar-refractivity contribution in [3.8, 4) is 11.1 Å². The SMILES string of the molecule is O=C(O)C1(c2ccc(-c3ccsc3)cc2)CC1. The maximum Gasteiger partial charge on any atom is 0.314 e. The van der Waals surface area contributed by atoms with Crippen LogP contribution in [0.1, 0.15) is 18.4 Å². The summed E-state index contributed by atoms with van der Waals surface area (Å²) in [5.74, 6) is -0.694. The second-order valence-electron chi connectivity index (χ2n) is 4.48. The topological polar surface area (TPSA) is 37.3 Å². The highest BCUT2D eigenvalue weighted by Crippen LogP contribution is 2.48.